The largest absolute Gasteiger partial charge is 0.352 e. The van der Waals surface area contributed by atoms with Crippen LogP contribution in [-0.4, -0.2) is 27.1 Å². The van der Waals surface area contributed by atoms with Crippen molar-refractivity contribution < 1.29 is 13.2 Å². The Labute approximate surface area is 197 Å². The number of carbonyl (C=O) groups is 1. The van der Waals surface area contributed by atoms with Crippen LogP contribution in [-0.2, 0) is 23.0 Å². The molecule has 0 aliphatic rings. The quantitative estimate of drug-likeness (QED) is 0.456. The van der Waals surface area contributed by atoms with E-state index >= 15 is 0 Å². The van der Waals surface area contributed by atoms with Gasteiger partial charge < -0.3 is 5.32 Å². The Bertz CT molecular complexity index is 1200. The highest BCUT2D eigenvalue weighted by Gasteiger charge is 2.20. The first-order valence-electron chi connectivity index (χ1n) is 11.1. The maximum absolute atomic E-state index is 12.5. The maximum Gasteiger partial charge on any atom is 0.251 e. The summed E-state index contributed by atoms with van der Waals surface area (Å²) in [4.78, 5) is 12.5. The number of hydrogen-bond acceptors (Lipinski definition) is 3. The fourth-order valence-electron chi connectivity index (χ4n) is 3.65. The van der Waals surface area contributed by atoms with E-state index in [1.165, 1.54) is 21.7 Å². The Morgan fingerprint density at radius 2 is 1.45 bits per heavy atom. The predicted octanol–water partition coefficient (Wildman–Crippen LogP) is 4.94. The number of sulfonamides is 1. The molecule has 0 aromatic heterocycles. The lowest BCUT2D eigenvalue weighted by Gasteiger charge is -2.25. The second-order valence-corrected chi connectivity index (χ2v) is 10.5. The van der Waals surface area contributed by atoms with Crippen LogP contribution in [0, 0.1) is 20.8 Å². The molecule has 33 heavy (non-hydrogen) atoms. The van der Waals surface area contributed by atoms with Crippen molar-refractivity contribution >= 4 is 21.6 Å². The van der Waals surface area contributed by atoms with Crippen LogP contribution in [0.15, 0.2) is 66.7 Å². The normalized spacial score (nSPS) is 11.3. The maximum atomic E-state index is 12.5. The Balaban J connectivity index is 1.60. The van der Waals surface area contributed by atoms with Crippen molar-refractivity contribution in [3.8, 4) is 0 Å². The molecule has 0 aliphatic heterocycles. The monoisotopic (exact) mass is 464 g/mol. The molecule has 1 amide bonds. The molecular formula is C27H32N2O3S. The van der Waals surface area contributed by atoms with E-state index in [-0.39, 0.29) is 12.5 Å². The van der Waals surface area contributed by atoms with Crippen molar-refractivity contribution in [1.82, 2.24) is 5.32 Å². The van der Waals surface area contributed by atoms with Gasteiger partial charge in [-0.3, -0.25) is 9.10 Å². The summed E-state index contributed by atoms with van der Waals surface area (Å²) in [7, 11) is -3.47. The van der Waals surface area contributed by atoms with Gasteiger partial charge in [-0.05, 0) is 74.1 Å². The lowest BCUT2D eigenvalue weighted by atomic mass is 10.1. The molecule has 3 aromatic rings. The van der Waals surface area contributed by atoms with Crippen molar-refractivity contribution in [2.75, 3.05) is 17.1 Å². The van der Waals surface area contributed by atoms with Crippen molar-refractivity contribution in [3.05, 3.63) is 100 Å². The van der Waals surface area contributed by atoms with E-state index in [0.717, 1.165) is 29.5 Å². The number of anilines is 1. The third kappa shape index (κ3) is 6.93. The Kier molecular flexibility index (Phi) is 7.92. The summed E-state index contributed by atoms with van der Waals surface area (Å²) >= 11 is 0. The molecule has 0 heterocycles. The van der Waals surface area contributed by atoms with E-state index in [1.807, 2.05) is 44.2 Å². The van der Waals surface area contributed by atoms with Gasteiger partial charge in [0.25, 0.3) is 5.91 Å². The highest BCUT2D eigenvalue weighted by atomic mass is 32.2. The van der Waals surface area contributed by atoms with Crippen molar-refractivity contribution in [2.24, 2.45) is 0 Å². The van der Waals surface area contributed by atoms with Gasteiger partial charge in [0.1, 0.15) is 0 Å². The second-order valence-electron chi connectivity index (χ2n) is 8.60. The first kappa shape index (κ1) is 24.5. The molecule has 174 valence electrons. The zero-order valence-electron chi connectivity index (χ0n) is 19.8. The summed E-state index contributed by atoms with van der Waals surface area (Å²) in [5.74, 6) is -0.125. The molecule has 0 spiro atoms. The van der Waals surface area contributed by atoms with E-state index < -0.39 is 10.0 Å². The minimum Gasteiger partial charge on any atom is -0.352 e. The molecule has 0 saturated heterocycles. The van der Waals surface area contributed by atoms with Gasteiger partial charge >= 0.3 is 0 Å². The van der Waals surface area contributed by atoms with Gasteiger partial charge in [-0.25, -0.2) is 8.42 Å². The minimum atomic E-state index is -3.47. The average molecular weight is 465 g/mol. The number of benzene rings is 3. The van der Waals surface area contributed by atoms with Crippen molar-refractivity contribution in [1.29, 1.82) is 0 Å². The van der Waals surface area contributed by atoms with Gasteiger partial charge in [-0.2, -0.15) is 0 Å². The first-order chi connectivity index (χ1) is 15.6. The highest BCUT2D eigenvalue weighted by Crippen LogP contribution is 2.26. The lowest BCUT2D eigenvalue weighted by Crippen LogP contribution is -2.30. The zero-order chi connectivity index (χ0) is 24.0. The number of nitrogens with one attached hydrogen (secondary N) is 1. The molecule has 1 N–H and O–H groups in total. The first-order valence-corrected chi connectivity index (χ1v) is 13.0. The molecule has 5 nitrogen and oxygen atoms in total. The summed E-state index contributed by atoms with van der Waals surface area (Å²) < 4.78 is 26.4. The SMILES string of the molecule is Cc1ccc(CCCNC(=O)c2ccc(CN(c3cc(C)ccc3C)S(C)(=O)=O)cc2)cc1. The Morgan fingerprint density at radius 3 is 2.09 bits per heavy atom. The number of nitrogens with zero attached hydrogens (tertiary/aromatic N) is 1. The van der Waals surface area contributed by atoms with E-state index in [0.29, 0.717) is 17.8 Å². The van der Waals surface area contributed by atoms with Crippen LogP contribution in [0.4, 0.5) is 5.69 Å². The van der Waals surface area contributed by atoms with Crippen molar-refractivity contribution in [2.45, 2.75) is 40.2 Å². The average Bonchev–Trinajstić information content (AvgIpc) is 2.77. The van der Waals surface area contributed by atoms with E-state index in [9.17, 15) is 13.2 Å². The molecule has 0 bridgehead atoms. The zero-order valence-corrected chi connectivity index (χ0v) is 20.6. The molecule has 0 unspecified atom stereocenters. The van der Waals surface area contributed by atoms with E-state index in [4.69, 9.17) is 0 Å². The van der Waals surface area contributed by atoms with Gasteiger partial charge in [-0.1, -0.05) is 54.1 Å². The summed E-state index contributed by atoms with van der Waals surface area (Å²) in [6, 6.07) is 21.3. The Hall–Kier alpha value is -3.12. The summed E-state index contributed by atoms with van der Waals surface area (Å²) in [6.45, 7) is 6.72. The lowest BCUT2D eigenvalue weighted by molar-refractivity contribution is 0.0953. The highest BCUT2D eigenvalue weighted by molar-refractivity contribution is 7.92. The Morgan fingerprint density at radius 1 is 0.848 bits per heavy atom. The predicted molar refractivity (Wildman–Crippen MR) is 135 cm³/mol. The van der Waals surface area contributed by atoms with Gasteiger partial charge in [0.15, 0.2) is 0 Å². The van der Waals surface area contributed by atoms with E-state index in [2.05, 4.69) is 36.5 Å². The number of rotatable bonds is 9. The molecule has 0 atom stereocenters. The number of aryl methyl sites for hydroxylation is 4. The third-order valence-corrected chi connectivity index (χ3v) is 6.75. The molecule has 0 radical (unpaired) electrons. The number of carbonyl (C=O) groups excluding carboxylic acids is 1. The van der Waals surface area contributed by atoms with Gasteiger partial charge in [-0.15, -0.1) is 0 Å². The van der Waals surface area contributed by atoms with Crippen LogP contribution < -0.4 is 9.62 Å². The smallest absolute Gasteiger partial charge is 0.251 e. The van der Waals surface area contributed by atoms with Crippen LogP contribution >= 0.6 is 0 Å². The van der Waals surface area contributed by atoms with Crippen molar-refractivity contribution in [3.63, 3.8) is 0 Å². The molecule has 3 aromatic carbocycles. The third-order valence-electron chi connectivity index (χ3n) is 5.62. The number of amides is 1. The summed E-state index contributed by atoms with van der Waals surface area (Å²) in [6.07, 6.45) is 3.00. The fraction of sp³-hybridized carbons (Fsp3) is 0.296. The van der Waals surface area contributed by atoms with Crippen LogP contribution in [0.2, 0.25) is 0 Å². The fourth-order valence-corrected chi connectivity index (χ4v) is 4.59. The standard InChI is InChI=1S/C27H32N2O3S/c1-20-8-11-23(12-9-20)6-5-17-28-27(30)25-15-13-24(14-16-25)19-29(33(4,31)32)26-18-21(2)7-10-22(26)3/h7-16,18H,5-6,17,19H2,1-4H3,(H,28,30). The second kappa shape index (κ2) is 10.7. The molecule has 0 aliphatic carbocycles. The molecular weight excluding hydrogens is 432 g/mol. The molecule has 6 heteroatoms. The minimum absolute atomic E-state index is 0.125. The van der Waals surface area contributed by atoms with Gasteiger partial charge in [0.05, 0.1) is 18.5 Å². The van der Waals surface area contributed by atoms with Crippen LogP contribution in [0.5, 0.6) is 0 Å². The van der Waals surface area contributed by atoms with E-state index in [1.54, 1.807) is 12.1 Å². The van der Waals surface area contributed by atoms with Gasteiger partial charge in [0.2, 0.25) is 10.0 Å². The van der Waals surface area contributed by atoms with Crippen LogP contribution in [0.3, 0.4) is 0 Å². The summed E-state index contributed by atoms with van der Waals surface area (Å²) in [5.41, 5.74) is 6.45. The summed E-state index contributed by atoms with van der Waals surface area (Å²) in [5, 5.41) is 2.96. The van der Waals surface area contributed by atoms with Crippen LogP contribution in [0.1, 0.15) is 44.6 Å². The molecule has 3 rings (SSSR count). The molecule has 0 saturated carbocycles. The topological polar surface area (TPSA) is 66.5 Å². The van der Waals surface area contributed by atoms with Gasteiger partial charge in [0, 0.05) is 12.1 Å². The van der Waals surface area contributed by atoms with Crippen LogP contribution in [0.25, 0.3) is 0 Å². The number of hydrogen-bond donors (Lipinski definition) is 1. The molecule has 0 fully saturated rings.